The van der Waals surface area contributed by atoms with E-state index in [0.29, 0.717) is 17.5 Å². The van der Waals surface area contributed by atoms with Gasteiger partial charge in [0.05, 0.1) is 5.56 Å². The van der Waals surface area contributed by atoms with Gasteiger partial charge in [-0.2, -0.15) is 0 Å². The zero-order chi connectivity index (χ0) is 14.7. The first-order chi connectivity index (χ1) is 10.2. The molecule has 2 N–H and O–H groups in total. The van der Waals surface area contributed by atoms with Crippen LogP contribution in [0, 0.1) is 0 Å². The minimum absolute atomic E-state index is 0.346. The van der Waals surface area contributed by atoms with Crippen LogP contribution in [0.2, 0.25) is 0 Å². The van der Waals surface area contributed by atoms with E-state index < -0.39 is 0 Å². The Morgan fingerprint density at radius 2 is 1.95 bits per heavy atom. The minimum Gasteiger partial charge on any atom is -0.472 e. The molecule has 21 heavy (non-hydrogen) atoms. The fourth-order valence-corrected chi connectivity index (χ4v) is 2.77. The van der Waals surface area contributed by atoms with Crippen LogP contribution in [0.5, 0.6) is 5.88 Å². The number of aromatic nitrogens is 1. The highest BCUT2D eigenvalue weighted by Crippen LogP contribution is 2.26. The summed E-state index contributed by atoms with van der Waals surface area (Å²) in [7, 11) is 0. The lowest BCUT2D eigenvalue weighted by atomic mass is 9.95. The lowest BCUT2D eigenvalue weighted by Gasteiger charge is -2.18. The number of ether oxygens (including phenoxy) is 1. The number of aryl methyl sites for hydroxylation is 2. The number of benzene rings is 1. The summed E-state index contributed by atoms with van der Waals surface area (Å²) in [4.78, 5) is 5.01. The second-order valence-corrected chi connectivity index (χ2v) is 5.73. The molecule has 1 aromatic heterocycles. The van der Waals surface area contributed by atoms with Crippen molar-refractivity contribution in [2.24, 2.45) is 5.73 Å². The van der Waals surface area contributed by atoms with Crippen molar-refractivity contribution >= 4 is 17.2 Å². The van der Waals surface area contributed by atoms with Crippen LogP contribution in [0.25, 0.3) is 0 Å². The van der Waals surface area contributed by atoms with Gasteiger partial charge < -0.3 is 10.5 Å². The van der Waals surface area contributed by atoms with E-state index in [1.54, 1.807) is 0 Å². The monoisotopic (exact) mass is 298 g/mol. The number of nitrogens with zero attached hydrogens (tertiary/aromatic N) is 1. The number of thiocarbonyl (C=S) groups is 1. The van der Waals surface area contributed by atoms with Crippen LogP contribution in [-0.4, -0.2) is 9.97 Å². The van der Waals surface area contributed by atoms with Crippen molar-refractivity contribution in [2.45, 2.75) is 32.3 Å². The number of pyridine rings is 1. The van der Waals surface area contributed by atoms with Gasteiger partial charge in [0.25, 0.3) is 0 Å². The van der Waals surface area contributed by atoms with E-state index in [2.05, 4.69) is 11.1 Å². The zero-order valence-corrected chi connectivity index (χ0v) is 12.7. The molecule has 0 spiro atoms. The first-order valence-electron chi connectivity index (χ1n) is 7.23. The first-order valence-corrected chi connectivity index (χ1v) is 7.64. The van der Waals surface area contributed by atoms with E-state index in [4.69, 9.17) is 22.7 Å². The summed E-state index contributed by atoms with van der Waals surface area (Å²) in [6.07, 6.45) is 4.45. The molecule has 3 rings (SSSR count). The first kappa shape index (κ1) is 14.0. The quantitative estimate of drug-likeness (QED) is 0.881. The van der Waals surface area contributed by atoms with Gasteiger partial charge in [0.15, 0.2) is 0 Å². The SMILES string of the molecule is NC(=S)c1cc2c(nc1OCc1ccccc1)CCCC2. The molecule has 2 aromatic rings. The molecule has 0 aliphatic heterocycles. The van der Waals surface area contributed by atoms with Crippen molar-refractivity contribution < 1.29 is 4.74 Å². The van der Waals surface area contributed by atoms with Crippen LogP contribution in [0.3, 0.4) is 0 Å². The predicted octanol–water partition coefficient (Wildman–Crippen LogP) is 3.17. The molecule has 0 radical (unpaired) electrons. The molecular weight excluding hydrogens is 280 g/mol. The number of nitrogens with two attached hydrogens (primary N) is 1. The molecule has 0 fully saturated rings. The molecule has 1 heterocycles. The highest BCUT2D eigenvalue weighted by atomic mass is 32.1. The zero-order valence-electron chi connectivity index (χ0n) is 11.8. The summed E-state index contributed by atoms with van der Waals surface area (Å²) >= 11 is 5.14. The van der Waals surface area contributed by atoms with Gasteiger partial charge in [0, 0.05) is 5.69 Å². The van der Waals surface area contributed by atoms with Gasteiger partial charge in [-0.1, -0.05) is 42.5 Å². The van der Waals surface area contributed by atoms with E-state index in [-0.39, 0.29) is 0 Å². The molecule has 1 aliphatic rings. The van der Waals surface area contributed by atoms with Crippen LogP contribution in [0.4, 0.5) is 0 Å². The smallest absolute Gasteiger partial charge is 0.224 e. The third-order valence-electron chi connectivity index (χ3n) is 3.75. The maximum atomic E-state index is 5.87. The Hall–Kier alpha value is -1.94. The second kappa shape index (κ2) is 6.22. The van der Waals surface area contributed by atoms with Gasteiger partial charge in [0.2, 0.25) is 5.88 Å². The minimum atomic E-state index is 0.346. The summed E-state index contributed by atoms with van der Waals surface area (Å²) in [5, 5.41) is 0. The second-order valence-electron chi connectivity index (χ2n) is 5.29. The molecular formula is C17H18N2OS. The van der Waals surface area contributed by atoms with Crippen molar-refractivity contribution in [3.8, 4) is 5.88 Å². The molecule has 0 saturated heterocycles. The van der Waals surface area contributed by atoms with Gasteiger partial charge in [-0.3, -0.25) is 0 Å². The largest absolute Gasteiger partial charge is 0.472 e. The molecule has 4 heteroatoms. The van der Waals surface area contributed by atoms with Crippen molar-refractivity contribution in [1.29, 1.82) is 0 Å². The molecule has 0 amide bonds. The number of hydrogen-bond acceptors (Lipinski definition) is 3. The average molecular weight is 298 g/mol. The summed E-state index contributed by atoms with van der Waals surface area (Å²) in [5.74, 6) is 0.562. The van der Waals surface area contributed by atoms with Gasteiger partial charge >= 0.3 is 0 Å². The van der Waals surface area contributed by atoms with E-state index in [1.807, 2.05) is 30.3 Å². The third kappa shape index (κ3) is 3.22. The molecule has 0 unspecified atom stereocenters. The van der Waals surface area contributed by atoms with Crippen LogP contribution in [0.15, 0.2) is 36.4 Å². The standard InChI is InChI=1S/C17H18N2OS/c18-16(21)14-10-13-8-4-5-9-15(13)19-17(14)20-11-12-6-2-1-3-7-12/h1-3,6-7,10H,4-5,8-9,11H2,(H2,18,21). The van der Waals surface area contributed by atoms with Gasteiger partial charge in [-0.15, -0.1) is 0 Å². The highest BCUT2D eigenvalue weighted by Gasteiger charge is 2.17. The maximum Gasteiger partial charge on any atom is 0.224 e. The van der Waals surface area contributed by atoms with Crippen molar-refractivity contribution in [3.05, 3.63) is 58.8 Å². The Morgan fingerprint density at radius 1 is 1.19 bits per heavy atom. The summed E-state index contributed by atoms with van der Waals surface area (Å²) in [6, 6.07) is 12.1. The Labute approximate surface area is 130 Å². The number of hydrogen-bond donors (Lipinski definition) is 1. The topological polar surface area (TPSA) is 48.1 Å². The highest BCUT2D eigenvalue weighted by molar-refractivity contribution is 7.80. The average Bonchev–Trinajstić information content (AvgIpc) is 2.53. The Balaban J connectivity index is 1.87. The molecule has 0 saturated carbocycles. The predicted molar refractivity (Wildman–Crippen MR) is 87.5 cm³/mol. The third-order valence-corrected chi connectivity index (χ3v) is 3.97. The Kier molecular flexibility index (Phi) is 4.15. The van der Waals surface area contributed by atoms with Crippen LogP contribution in [-0.2, 0) is 19.4 Å². The lowest BCUT2D eigenvalue weighted by molar-refractivity contribution is 0.292. The van der Waals surface area contributed by atoms with Crippen molar-refractivity contribution in [3.63, 3.8) is 0 Å². The maximum absolute atomic E-state index is 5.87. The van der Waals surface area contributed by atoms with Crippen molar-refractivity contribution in [1.82, 2.24) is 4.98 Å². The molecule has 1 aromatic carbocycles. The van der Waals surface area contributed by atoms with Crippen LogP contribution in [0.1, 0.15) is 35.2 Å². The number of rotatable bonds is 4. The van der Waals surface area contributed by atoms with Gasteiger partial charge in [-0.05, 0) is 42.9 Å². The van der Waals surface area contributed by atoms with Crippen LogP contribution < -0.4 is 10.5 Å². The summed E-state index contributed by atoms with van der Waals surface area (Å²) in [5.41, 5.74) is 10.1. The fraction of sp³-hybridized carbons (Fsp3) is 0.294. The van der Waals surface area contributed by atoms with Gasteiger partial charge in [0.1, 0.15) is 11.6 Å². The van der Waals surface area contributed by atoms with E-state index in [1.165, 1.54) is 18.4 Å². The van der Waals surface area contributed by atoms with E-state index in [0.717, 1.165) is 29.7 Å². The molecule has 108 valence electrons. The van der Waals surface area contributed by atoms with Crippen LogP contribution >= 0.6 is 12.2 Å². The summed E-state index contributed by atoms with van der Waals surface area (Å²) in [6.45, 7) is 0.474. The van der Waals surface area contributed by atoms with E-state index >= 15 is 0 Å². The normalized spacial score (nSPS) is 13.5. The molecule has 0 atom stereocenters. The molecule has 0 bridgehead atoms. The molecule has 1 aliphatic carbocycles. The Bertz CT molecular complexity index is 655. The van der Waals surface area contributed by atoms with Crippen molar-refractivity contribution in [2.75, 3.05) is 0 Å². The Morgan fingerprint density at radius 3 is 2.71 bits per heavy atom. The lowest BCUT2D eigenvalue weighted by Crippen LogP contribution is -2.16. The van der Waals surface area contributed by atoms with E-state index in [9.17, 15) is 0 Å². The molecule has 3 nitrogen and oxygen atoms in total. The fourth-order valence-electron chi connectivity index (χ4n) is 2.63. The summed E-state index contributed by atoms with van der Waals surface area (Å²) < 4.78 is 5.87. The number of fused-ring (bicyclic) bond motifs is 1. The van der Waals surface area contributed by atoms with Gasteiger partial charge in [-0.25, -0.2) is 4.98 Å².